The molecule has 0 aromatic carbocycles. The van der Waals surface area contributed by atoms with Gasteiger partial charge in [-0.1, -0.05) is 0 Å². The van der Waals surface area contributed by atoms with E-state index in [4.69, 9.17) is 4.42 Å². The van der Waals surface area contributed by atoms with Crippen molar-refractivity contribution >= 4 is 28.4 Å². The molecule has 2 unspecified atom stereocenters. The zero-order valence-corrected chi connectivity index (χ0v) is 13.4. The SMILES string of the molecule is COC(=O)c1coc(S(=O)(=O)NC2CCCNC2C)c1.Cl. The second-order valence-corrected chi connectivity index (χ2v) is 6.40. The van der Waals surface area contributed by atoms with Crippen molar-refractivity contribution in [2.75, 3.05) is 13.7 Å². The van der Waals surface area contributed by atoms with Crippen LogP contribution in [0, 0.1) is 0 Å². The third kappa shape index (κ3) is 4.19. The van der Waals surface area contributed by atoms with Gasteiger partial charge in [0, 0.05) is 18.2 Å². The molecule has 2 rings (SSSR count). The number of esters is 1. The molecule has 1 aromatic heterocycles. The first-order chi connectivity index (χ1) is 9.44. The van der Waals surface area contributed by atoms with Crippen LogP contribution < -0.4 is 10.0 Å². The molecule has 0 bridgehead atoms. The number of piperidine rings is 1. The van der Waals surface area contributed by atoms with Crippen LogP contribution in [-0.2, 0) is 14.8 Å². The zero-order chi connectivity index (χ0) is 14.8. The van der Waals surface area contributed by atoms with Crippen LogP contribution in [0.2, 0.25) is 0 Å². The highest BCUT2D eigenvalue weighted by molar-refractivity contribution is 7.89. The van der Waals surface area contributed by atoms with Crippen LogP contribution in [0.4, 0.5) is 0 Å². The van der Waals surface area contributed by atoms with Gasteiger partial charge < -0.3 is 14.5 Å². The topological polar surface area (TPSA) is 97.6 Å². The largest absolute Gasteiger partial charge is 0.465 e. The van der Waals surface area contributed by atoms with Crippen molar-refractivity contribution in [3.63, 3.8) is 0 Å². The van der Waals surface area contributed by atoms with Gasteiger partial charge in [-0.2, -0.15) is 0 Å². The van der Waals surface area contributed by atoms with Crippen molar-refractivity contribution in [2.24, 2.45) is 0 Å². The lowest BCUT2D eigenvalue weighted by atomic mass is 10.0. The molecule has 1 aliphatic heterocycles. The maximum absolute atomic E-state index is 12.2. The van der Waals surface area contributed by atoms with Gasteiger partial charge in [-0.25, -0.2) is 17.9 Å². The molecular formula is C12H19ClN2O5S. The van der Waals surface area contributed by atoms with Crippen LogP contribution in [-0.4, -0.2) is 40.1 Å². The summed E-state index contributed by atoms with van der Waals surface area (Å²) in [6, 6.07) is 1.02. The maximum atomic E-state index is 12.2. The molecule has 7 nitrogen and oxygen atoms in total. The predicted molar refractivity (Wildman–Crippen MR) is 78.1 cm³/mol. The molecule has 0 saturated carbocycles. The van der Waals surface area contributed by atoms with Gasteiger partial charge in [-0.3, -0.25) is 0 Å². The first kappa shape index (κ1) is 18.0. The zero-order valence-electron chi connectivity index (χ0n) is 11.8. The molecule has 2 N–H and O–H groups in total. The average Bonchev–Trinajstić information content (AvgIpc) is 2.91. The summed E-state index contributed by atoms with van der Waals surface area (Å²) in [5.74, 6) is -0.636. The molecule has 0 aliphatic carbocycles. The molecule has 120 valence electrons. The number of ether oxygens (including phenoxy) is 1. The van der Waals surface area contributed by atoms with Crippen molar-refractivity contribution in [1.82, 2.24) is 10.0 Å². The van der Waals surface area contributed by atoms with Gasteiger partial charge in [0.15, 0.2) is 0 Å². The summed E-state index contributed by atoms with van der Waals surface area (Å²) in [6.07, 6.45) is 2.74. The number of hydrogen-bond acceptors (Lipinski definition) is 6. The van der Waals surface area contributed by atoms with E-state index in [2.05, 4.69) is 14.8 Å². The molecule has 1 saturated heterocycles. The van der Waals surface area contributed by atoms with E-state index in [-0.39, 0.29) is 35.1 Å². The van der Waals surface area contributed by atoms with Crippen molar-refractivity contribution in [3.8, 4) is 0 Å². The Hall–Kier alpha value is -1.09. The average molecular weight is 339 g/mol. The van der Waals surface area contributed by atoms with E-state index in [0.717, 1.165) is 31.7 Å². The van der Waals surface area contributed by atoms with E-state index in [0.29, 0.717) is 0 Å². The Morgan fingerprint density at radius 1 is 1.52 bits per heavy atom. The van der Waals surface area contributed by atoms with E-state index >= 15 is 0 Å². The summed E-state index contributed by atoms with van der Waals surface area (Å²) in [5, 5.41) is 2.93. The van der Waals surface area contributed by atoms with Crippen molar-refractivity contribution < 1.29 is 22.4 Å². The Balaban J connectivity index is 0.00000220. The highest BCUT2D eigenvalue weighted by Crippen LogP contribution is 2.17. The molecule has 0 amide bonds. The molecule has 9 heteroatoms. The van der Waals surface area contributed by atoms with Crippen LogP contribution in [0.3, 0.4) is 0 Å². The first-order valence-corrected chi connectivity index (χ1v) is 7.85. The summed E-state index contributed by atoms with van der Waals surface area (Å²) in [6.45, 7) is 2.81. The van der Waals surface area contributed by atoms with Gasteiger partial charge in [0.05, 0.1) is 12.7 Å². The van der Waals surface area contributed by atoms with Crippen LogP contribution in [0.1, 0.15) is 30.1 Å². The number of nitrogens with one attached hydrogen (secondary N) is 2. The van der Waals surface area contributed by atoms with E-state index < -0.39 is 16.0 Å². The van der Waals surface area contributed by atoms with Crippen molar-refractivity contribution in [2.45, 2.75) is 36.9 Å². The molecule has 1 aliphatic rings. The Kier molecular flexibility index (Phi) is 6.21. The van der Waals surface area contributed by atoms with Gasteiger partial charge in [0.1, 0.15) is 6.26 Å². The maximum Gasteiger partial charge on any atom is 0.341 e. The summed E-state index contributed by atoms with van der Waals surface area (Å²) >= 11 is 0. The summed E-state index contributed by atoms with van der Waals surface area (Å²) < 4.78 is 36.4. The minimum Gasteiger partial charge on any atom is -0.465 e. The molecule has 21 heavy (non-hydrogen) atoms. The van der Waals surface area contributed by atoms with Gasteiger partial charge in [-0.15, -0.1) is 12.4 Å². The number of halogens is 1. The number of sulfonamides is 1. The number of carbonyl (C=O) groups is 1. The smallest absolute Gasteiger partial charge is 0.341 e. The minimum absolute atomic E-state index is 0. The summed E-state index contributed by atoms with van der Waals surface area (Å²) in [7, 11) is -2.56. The first-order valence-electron chi connectivity index (χ1n) is 6.36. The van der Waals surface area contributed by atoms with Crippen LogP contribution in [0.25, 0.3) is 0 Å². The fourth-order valence-electron chi connectivity index (χ4n) is 2.14. The molecular weight excluding hydrogens is 320 g/mol. The Morgan fingerprint density at radius 3 is 2.86 bits per heavy atom. The molecule has 1 fully saturated rings. The van der Waals surface area contributed by atoms with Gasteiger partial charge in [0.2, 0.25) is 5.09 Å². The molecule has 2 atom stereocenters. The van der Waals surface area contributed by atoms with Gasteiger partial charge in [-0.05, 0) is 26.3 Å². The number of rotatable bonds is 4. The lowest BCUT2D eigenvalue weighted by Crippen LogP contribution is -2.51. The normalized spacial score (nSPS) is 22.4. The van der Waals surface area contributed by atoms with E-state index in [9.17, 15) is 13.2 Å². The third-order valence-corrected chi connectivity index (χ3v) is 4.69. The van der Waals surface area contributed by atoms with E-state index in [1.54, 1.807) is 0 Å². The van der Waals surface area contributed by atoms with E-state index in [1.165, 1.54) is 7.11 Å². The van der Waals surface area contributed by atoms with E-state index in [1.807, 2.05) is 6.92 Å². The third-order valence-electron chi connectivity index (χ3n) is 3.33. The van der Waals surface area contributed by atoms with Crippen LogP contribution >= 0.6 is 12.4 Å². The van der Waals surface area contributed by atoms with Crippen LogP contribution in [0.5, 0.6) is 0 Å². The standard InChI is InChI=1S/C12H18N2O5S.ClH/c1-8-10(4-3-5-13-8)14-20(16,17)11-6-9(7-19-11)12(15)18-2;/h6-8,10,13-14H,3-5H2,1-2H3;1H. The second kappa shape index (κ2) is 7.26. The highest BCUT2D eigenvalue weighted by Gasteiger charge is 2.29. The second-order valence-electron chi connectivity index (χ2n) is 4.76. The molecule has 1 aromatic rings. The van der Waals surface area contributed by atoms with Gasteiger partial charge in [0.25, 0.3) is 10.0 Å². The fraction of sp³-hybridized carbons (Fsp3) is 0.583. The number of hydrogen-bond donors (Lipinski definition) is 2. The lowest BCUT2D eigenvalue weighted by Gasteiger charge is -2.29. The number of furan rings is 1. The number of methoxy groups -OCH3 is 1. The Morgan fingerprint density at radius 2 is 2.24 bits per heavy atom. The monoisotopic (exact) mass is 338 g/mol. The predicted octanol–water partition coefficient (Wildman–Crippen LogP) is 0.907. The highest BCUT2D eigenvalue weighted by atomic mass is 35.5. The number of carbonyl (C=O) groups excluding carboxylic acids is 1. The van der Waals surface area contributed by atoms with Crippen molar-refractivity contribution in [1.29, 1.82) is 0 Å². The van der Waals surface area contributed by atoms with Crippen molar-refractivity contribution in [3.05, 3.63) is 17.9 Å². The minimum atomic E-state index is -3.78. The lowest BCUT2D eigenvalue weighted by molar-refractivity contribution is 0.0600. The van der Waals surface area contributed by atoms with Crippen LogP contribution in [0.15, 0.2) is 21.8 Å². The molecule has 0 radical (unpaired) electrons. The molecule has 2 heterocycles. The Labute approximate surface area is 129 Å². The molecule has 0 spiro atoms. The summed E-state index contributed by atoms with van der Waals surface area (Å²) in [4.78, 5) is 11.3. The fourth-order valence-corrected chi connectivity index (χ4v) is 3.44. The van der Waals surface area contributed by atoms with Gasteiger partial charge >= 0.3 is 5.97 Å². The Bertz CT molecular complexity index is 586. The summed E-state index contributed by atoms with van der Waals surface area (Å²) in [5.41, 5.74) is 0.0719. The quantitative estimate of drug-likeness (QED) is 0.792.